The van der Waals surface area contributed by atoms with E-state index in [4.69, 9.17) is 6.42 Å². The maximum atomic E-state index is 12.1. The minimum atomic E-state index is -0.525. The highest BCUT2D eigenvalue weighted by molar-refractivity contribution is 5.95. The summed E-state index contributed by atoms with van der Waals surface area (Å²) in [5.74, 6) is 2.43. The van der Waals surface area contributed by atoms with Crippen molar-refractivity contribution in [3.63, 3.8) is 0 Å². The van der Waals surface area contributed by atoms with Crippen LogP contribution in [0.5, 0.6) is 0 Å². The van der Waals surface area contributed by atoms with Crippen molar-refractivity contribution in [2.24, 2.45) is 0 Å². The quantitative estimate of drug-likeness (QED) is 0.651. The van der Waals surface area contributed by atoms with E-state index >= 15 is 0 Å². The lowest BCUT2D eigenvalue weighted by atomic mass is 10.0. The second kappa shape index (κ2) is 6.76. The molecule has 20 heavy (non-hydrogen) atoms. The Labute approximate surface area is 119 Å². The van der Waals surface area contributed by atoms with E-state index < -0.39 is 6.04 Å². The van der Waals surface area contributed by atoms with Crippen molar-refractivity contribution in [2.75, 3.05) is 13.1 Å². The first-order valence-electron chi connectivity index (χ1n) is 6.79. The second-order valence-electron chi connectivity index (χ2n) is 4.78. The first kappa shape index (κ1) is 14.1. The Morgan fingerprint density at radius 1 is 1.25 bits per heavy atom. The molecule has 0 aromatic heterocycles. The van der Waals surface area contributed by atoms with Crippen molar-refractivity contribution >= 4 is 11.8 Å². The molecule has 0 aliphatic carbocycles. The molecule has 1 saturated heterocycles. The Morgan fingerprint density at radius 3 is 2.70 bits per heavy atom. The summed E-state index contributed by atoms with van der Waals surface area (Å²) >= 11 is 0. The largest absolute Gasteiger partial charge is 0.345 e. The number of carbonyl (C=O) groups excluding carboxylic acids is 2. The lowest BCUT2D eigenvalue weighted by Crippen LogP contribution is -2.53. The number of benzene rings is 1. The van der Waals surface area contributed by atoms with Gasteiger partial charge in [0.2, 0.25) is 11.8 Å². The molecule has 1 aliphatic heterocycles. The second-order valence-corrected chi connectivity index (χ2v) is 4.78. The summed E-state index contributed by atoms with van der Waals surface area (Å²) < 4.78 is 0. The molecule has 4 heteroatoms. The zero-order chi connectivity index (χ0) is 14.4. The van der Waals surface area contributed by atoms with Crippen LogP contribution in [0.1, 0.15) is 30.9 Å². The van der Waals surface area contributed by atoms with Gasteiger partial charge < -0.3 is 10.2 Å². The lowest BCUT2D eigenvalue weighted by Gasteiger charge is -2.35. The molecule has 1 heterocycles. The third-order valence-corrected chi connectivity index (χ3v) is 3.38. The molecule has 0 saturated carbocycles. The third-order valence-electron chi connectivity index (χ3n) is 3.38. The molecule has 2 rings (SSSR count). The Kier molecular flexibility index (Phi) is 4.78. The highest BCUT2D eigenvalue weighted by Crippen LogP contribution is 2.24. The van der Waals surface area contributed by atoms with Gasteiger partial charge in [-0.25, -0.2) is 0 Å². The molecule has 0 radical (unpaired) electrons. The maximum Gasteiger partial charge on any atom is 0.247 e. The van der Waals surface area contributed by atoms with Gasteiger partial charge in [-0.3, -0.25) is 9.59 Å². The van der Waals surface area contributed by atoms with Gasteiger partial charge in [0.15, 0.2) is 0 Å². The Balaban J connectivity index is 2.13. The minimum absolute atomic E-state index is 0.0424. The number of hydrogen-bond acceptors (Lipinski definition) is 2. The monoisotopic (exact) mass is 270 g/mol. The first-order valence-corrected chi connectivity index (χ1v) is 6.79. The molecule has 1 N–H and O–H groups in total. The maximum absolute atomic E-state index is 12.1. The Morgan fingerprint density at radius 2 is 2.00 bits per heavy atom. The van der Waals surface area contributed by atoms with E-state index in [1.807, 2.05) is 30.3 Å². The van der Waals surface area contributed by atoms with Crippen LogP contribution in [0, 0.1) is 12.3 Å². The highest BCUT2D eigenvalue weighted by atomic mass is 16.2. The van der Waals surface area contributed by atoms with Crippen LogP contribution in [0.3, 0.4) is 0 Å². The van der Waals surface area contributed by atoms with Gasteiger partial charge in [0.25, 0.3) is 0 Å². The molecular formula is C16H18N2O2. The smallest absolute Gasteiger partial charge is 0.247 e. The normalized spacial score (nSPS) is 18.6. The summed E-state index contributed by atoms with van der Waals surface area (Å²) in [6, 6.07) is 8.86. The van der Waals surface area contributed by atoms with Crippen molar-refractivity contribution in [1.29, 1.82) is 0 Å². The topological polar surface area (TPSA) is 49.4 Å². The predicted molar refractivity (Wildman–Crippen MR) is 76.6 cm³/mol. The number of hydrogen-bond donors (Lipinski definition) is 1. The fourth-order valence-corrected chi connectivity index (χ4v) is 2.38. The number of carbonyl (C=O) groups is 2. The molecule has 1 aliphatic rings. The van der Waals surface area contributed by atoms with E-state index in [1.165, 1.54) is 0 Å². The number of rotatable bonds is 5. The van der Waals surface area contributed by atoms with Gasteiger partial charge in [0, 0.05) is 13.0 Å². The minimum Gasteiger partial charge on any atom is -0.345 e. The van der Waals surface area contributed by atoms with Crippen molar-refractivity contribution in [2.45, 2.75) is 25.3 Å². The van der Waals surface area contributed by atoms with Crippen LogP contribution in [0.2, 0.25) is 0 Å². The third kappa shape index (κ3) is 3.18. The van der Waals surface area contributed by atoms with Gasteiger partial charge in [0.05, 0.1) is 6.54 Å². The summed E-state index contributed by atoms with van der Waals surface area (Å²) in [5.41, 5.74) is 0.843. The predicted octanol–water partition coefficient (Wildman–Crippen LogP) is 1.49. The number of amides is 2. The van der Waals surface area contributed by atoms with Gasteiger partial charge in [0.1, 0.15) is 6.04 Å². The standard InChI is InChI=1S/C16H18N2O2/c1-2-3-4-8-11-18-14(19)12-17-16(20)15(18)13-9-6-5-7-10-13/h1,5-7,9-10,15H,3-4,8,11-12H2,(H,17,20). The lowest BCUT2D eigenvalue weighted by molar-refractivity contribution is -0.146. The van der Waals surface area contributed by atoms with Crippen LogP contribution in [0.15, 0.2) is 30.3 Å². The number of unbranched alkanes of at least 4 members (excludes halogenated alkanes) is 2. The molecule has 2 amide bonds. The number of nitrogens with one attached hydrogen (secondary N) is 1. The average Bonchev–Trinajstić information content (AvgIpc) is 2.48. The van der Waals surface area contributed by atoms with Crippen molar-refractivity contribution in [3.8, 4) is 12.3 Å². The molecule has 1 unspecified atom stereocenters. The van der Waals surface area contributed by atoms with Crippen molar-refractivity contribution < 1.29 is 9.59 Å². The van der Waals surface area contributed by atoms with E-state index in [0.717, 1.165) is 18.4 Å². The molecule has 1 fully saturated rings. The Hall–Kier alpha value is -2.28. The first-order chi connectivity index (χ1) is 9.74. The number of piperazine rings is 1. The van der Waals surface area contributed by atoms with Crippen molar-refractivity contribution in [3.05, 3.63) is 35.9 Å². The van der Waals surface area contributed by atoms with Gasteiger partial charge in [-0.1, -0.05) is 30.3 Å². The average molecular weight is 270 g/mol. The van der Waals surface area contributed by atoms with E-state index in [2.05, 4.69) is 11.2 Å². The van der Waals surface area contributed by atoms with E-state index in [-0.39, 0.29) is 18.4 Å². The molecule has 1 aromatic carbocycles. The van der Waals surface area contributed by atoms with Gasteiger partial charge in [-0.15, -0.1) is 12.3 Å². The summed E-state index contributed by atoms with van der Waals surface area (Å²) in [7, 11) is 0. The molecule has 0 bridgehead atoms. The molecule has 1 aromatic rings. The van der Waals surface area contributed by atoms with Gasteiger partial charge in [-0.05, 0) is 18.4 Å². The summed E-state index contributed by atoms with van der Waals surface area (Å²) in [6.07, 6.45) is 7.60. The Bertz CT molecular complexity index is 519. The van der Waals surface area contributed by atoms with E-state index in [1.54, 1.807) is 4.90 Å². The zero-order valence-electron chi connectivity index (χ0n) is 11.3. The van der Waals surface area contributed by atoms with Crippen LogP contribution >= 0.6 is 0 Å². The molecule has 104 valence electrons. The number of nitrogens with zero attached hydrogens (tertiary/aromatic N) is 1. The fraction of sp³-hybridized carbons (Fsp3) is 0.375. The van der Waals surface area contributed by atoms with Gasteiger partial charge >= 0.3 is 0 Å². The summed E-state index contributed by atoms with van der Waals surface area (Å²) in [6.45, 7) is 0.644. The summed E-state index contributed by atoms with van der Waals surface area (Å²) in [4.78, 5) is 25.8. The van der Waals surface area contributed by atoms with Crippen LogP contribution in [-0.2, 0) is 9.59 Å². The molecule has 0 spiro atoms. The van der Waals surface area contributed by atoms with E-state index in [9.17, 15) is 9.59 Å². The molecule has 4 nitrogen and oxygen atoms in total. The molecular weight excluding hydrogens is 252 g/mol. The van der Waals surface area contributed by atoms with Crippen LogP contribution in [-0.4, -0.2) is 29.8 Å². The number of terminal acetylenes is 1. The highest BCUT2D eigenvalue weighted by Gasteiger charge is 2.34. The van der Waals surface area contributed by atoms with E-state index in [0.29, 0.717) is 13.0 Å². The van der Waals surface area contributed by atoms with Gasteiger partial charge in [-0.2, -0.15) is 0 Å². The van der Waals surface area contributed by atoms with Crippen LogP contribution in [0.25, 0.3) is 0 Å². The van der Waals surface area contributed by atoms with Crippen molar-refractivity contribution in [1.82, 2.24) is 10.2 Å². The van der Waals surface area contributed by atoms with Crippen LogP contribution in [0.4, 0.5) is 0 Å². The van der Waals surface area contributed by atoms with Crippen LogP contribution < -0.4 is 5.32 Å². The SMILES string of the molecule is C#CCCCCN1C(=O)CNC(=O)C1c1ccccc1. The fourth-order valence-electron chi connectivity index (χ4n) is 2.38. The molecule has 1 atom stereocenters. The zero-order valence-corrected chi connectivity index (χ0v) is 11.3. The summed E-state index contributed by atoms with van der Waals surface area (Å²) in [5, 5.41) is 2.65.